The summed E-state index contributed by atoms with van der Waals surface area (Å²) in [5.41, 5.74) is -4.35. The fourth-order valence-electron chi connectivity index (χ4n) is 3.26. The molecule has 0 bridgehead atoms. The highest BCUT2D eigenvalue weighted by Crippen LogP contribution is 2.31. The molecule has 0 radical (unpaired) electrons. The van der Waals surface area contributed by atoms with Gasteiger partial charge in [0, 0.05) is 45.1 Å². The van der Waals surface area contributed by atoms with E-state index < -0.39 is 44.7 Å². The van der Waals surface area contributed by atoms with Crippen LogP contribution in [0.5, 0.6) is 0 Å². The van der Waals surface area contributed by atoms with Gasteiger partial charge in [0.2, 0.25) is 16.0 Å². The first-order valence-corrected chi connectivity index (χ1v) is 12.0. The summed E-state index contributed by atoms with van der Waals surface area (Å²) >= 11 is 0. The van der Waals surface area contributed by atoms with E-state index in [1.165, 1.54) is 4.31 Å². The number of nitrogens with zero attached hydrogens (tertiary/aromatic N) is 5. The number of aromatic nitrogens is 4. The van der Waals surface area contributed by atoms with Crippen LogP contribution in [-0.2, 0) is 27.1 Å². The van der Waals surface area contributed by atoms with Crippen molar-refractivity contribution < 1.29 is 39.5 Å². The molecule has 0 unspecified atom stereocenters. The molecule has 36 heavy (non-hydrogen) atoms. The summed E-state index contributed by atoms with van der Waals surface area (Å²) in [7, 11) is -3.72. The fourth-order valence-corrected chi connectivity index (χ4v) is 4.57. The van der Waals surface area contributed by atoms with Crippen molar-refractivity contribution in [3.05, 3.63) is 40.1 Å². The van der Waals surface area contributed by atoms with Crippen LogP contribution in [0.4, 0.5) is 38.0 Å². The van der Waals surface area contributed by atoms with Crippen LogP contribution in [0, 0.1) is 0 Å². The SMILES string of the molecule is O=c1[nH]ncc(NCCOCCS(=O)(=O)N2CCN(c3ncc(C(F)(F)F)cn3)CC2)c1C(F)(F)F. The smallest absolute Gasteiger partial charge is 0.381 e. The quantitative estimate of drug-likeness (QED) is 0.352. The van der Waals surface area contributed by atoms with Gasteiger partial charge in [0.05, 0.1) is 36.4 Å². The van der Waals surface area contributed by atoms with Crippen molar-refractivity contribution in [1.82, 2.24) is 24.5 Å². The van der Waals surface area contributed by atoms with E-state index in [0.717, 1.165) is 6.20 Å². The normalized spacial score (nSPS) is 15.8. The van der Waals surface area contributed by atoms with Crippen LogP contribution in [0.15, 0.2) is 23.4 Å². The molecule has 2 aromatic heterocycles. The van der Waals surface area contributed by atoms with E-state index in [0.29, 0.717) is 12.4 Å². The molecule has 0 atom stereocenters. The molecule has 0 amide bonds. The minimum atomic E-state index is -4.89. The standard InChI is InChI=1S/C18H21F6N7O4S/c19-17(20,21)12-9-26-16(27-10-12)30-2-4-31(5-3-30)36(33,34)8-7-35-6-1-25-13-11-28-29-15(32)14(13)18(22,23)24/h9-11H,1-8H2,(H2,25,29,32). The van der Waals surface area contributed by atoms with Crippen LogP contribution < -0.4 is 15.8 Å². The Morgan fingerprint density at radius 3 is 2.19 bits per heavy atom. The zero-order valence-corrected chi connectivity index (χ0v) is 19.3. The highest BCUT2D eigenvalue weighted by Gasteiger charge is 2.37. The second kappa shape index (κ2) is 11.0. The third kappa shape index (κ3) is 7.03. The molecule has 0 spiro atoms. The van der Waals surface area contributed by atoms with Gasteiger partial charge in [-0.3, -0.25) is 4.79 Å². The number of sulfonamides is 1. The Kier molecular flexibility index (Phi) is 8.40. The lowest BCUT2D eigenvalue weighted by atomic mass is 10.2. The second-order valence-electron chi connectivity index (χ2n) is 7.50. The lowest BCUT2D eigenvalue weighted by Gasteiger charge is -2.34. The molecule has 1 fully saturated rings. The maximum Gasteiger partial charge on any atom is 0.423 e. The summed E-state index contributed by atoms with van der Waals surface area (Å²) in [4.78, 5) is 20.4. The largest absolute Gasteiger partial charge is 0.423 e. The van der Waals surface area contributed by atoms with Crippen molar-refractivity contribution in [3.8, 4) is 0 Å². The third-order valence-corrected chi connectivity index (χ3v) is 6.90. The number of nitrogens with one attached hydrogen (secondary N) is 2. The van der Waals surface area contributed by atoms with Crippen molar-refractivity contribution in [1.29, 1.82) is 0 Å². The number of ether oxygens (including phenoxy) is 1. The van der Waals surface area contributed by atoms with Gasteiger partial charge in [-0.2, -0.15) is 35.7 Å². The summed E-state index contributed by atoms with van der Waals surface area (Å²) in [5, 5.41) is 7.41. The van der Waals surface area contributed by atoms with Crippen molar-refractivity contribution in [2.45, 2.75) is 12.4 Å². The topological polar surface area (TPSA) is 133 Å². The molecule has 0 aromatic carbocycles. The van der Waals surface area contributed by atoms with Gasteiger partial charge < -0.3 is 15.0 Å². The Labute approximate surface area is 200 Å². The van der Waals surface area contributed by atoms with Crippen LogP contribution in [0.25, 0.3) is 0 Å². The van der Waals surface area contributed by atoms with E-state index in [1.807, 2.05) is 0 Å². The Bertz CT molecular complexity index is 1180. The first-order valence-electron chi connectivity index (χ1n) is 10.4. The molecule has 0 aliphatic carbocycles. The van der Waals surface area contributed by atoms with Crippen LogP contribution in [0.1, 0.15) is 11.1 Å². The second-order valence-corrected chi connectivity index (χ2v) is 9.58. The molecule has 1 aliphatic heterocycles. The van der Waals surface area contributed by atoms with Crippen molar-refractivity contribution in [2.24, 2.45) is 0 Å². The highest BCUT2D eigenvalue weighted by atomic mass is 32.2. The summed E-state index contributed by atoms with van der Waals surface area (Å²) < 4.78 is 108. The number of halogens is 6. The fraction of sp³-hybridized carbons (Fsp3) is 0.556. The number of aromatic amines is 1. The number of hydrogen-bond acceptors (Lipinski definition) is 9. The molecule has 11 nitrogen and oxygen atoms in total. The summed E-state index contributed by atoms with van der Waals surface area (Å²) in [6, 6.07) is 0. The van der Waals surface area contributed by atoms with Crippen molar-refractivity contribution in [3.63, 3.8) is 0 Å². The van der Waals surface area contributed by atoms with Crippen molar-refractivity contribution in [2.75, 3.05) is 61.9 Å². The number of anilines is 2. The Hall–Kier alpha value is -2.99. The highest BCUT2D eigenvalue weighted by molar-refractivity contribution is 7.89. The molecular formula is C18H21F6N7O4S. The molecule has 200 valence electrons. The monoisotopic (exact) mass is 545 g/mol. The Morgan fingerprint density at radius 1 is 0.972 bits per heavy atom. The van der Waals surface area contributed by atoms with E-state index in [1.54, 1.807) is 10.00 Å². The Balaban J connectivity index is 1.41. The van der Waals surface area contributed by atoms with E-state index in [4.69, 9.17) is 4.74 Å². The minimum Gasteiger partial charge on any atom is -0.381 e. The van der Waals surface area contributed by atoms with Crippen molar-refractivity contribution >= 4 is 21.7 Å². The van der Waals surface area contributed by atoms with Crippen LogP contribution in [-0.4, -0.2) is 84.6 Å². The molecular weight excluding hydrogens is 524 g/mol. The van der Waals surface area contributed by atoms with E-state index in [2.05, 4.69) is 20.4 Å². The van der Waals surface area contributed by atoms with Gasteiger partial charge in [-0.1, -0.05) is 0 Å². The van der Waals surface area contributed by atoms with Gasteiger partial charge in [0.25, 0.3) is 5.56 Å². The number of rotatable bonds is 9. The zero-order valence-electron chi connectivity index (χ0n) is 18.4. The van der Waals surface area contributed by atoms with Gasteiger partial charge in [-0.15, -0.1) is 0 Å². The molecule has 1 saturated heterocycles. The van der Waals surface area contributed by atoms with Crippen LogP contribution in [0.3, 0.4) is 0 Å². The minimum absolute atomic E-state index is 0.0557. The Morgan fingerprint density at radius 2 is 1.61 bits per heavy atom. The first-order chi connectivity index (χ1) is 16.8. The lowest BCUT2D eigenvalue weighted by Crippen LogP contribution is -2.50. The molecule has 1 aliphatic rings. The number of hydrogen-bond donors (Lipinski definition) is 2. The number of piperazine rings is 1. The molecule has 2 aromatic rings. The number of H-pyrrole nitrogens is 1. The lowest BCUT2D eigenvalue weighted by molar-refractivity contribution is -0.139. The summed E-state index contributed by atoms with van der Waals surface area (Å²) in [6.07, 6.45) is -7.32. The van der Waals surface area contributed by atoms with Gasteiger partial charge in [-0.25, -0.2) is 23.5 Å². The molecule has 3 heterocycles. The first kappa shape index (κ1) is 27.6. The molecule has 3 rings (SSSR count). The maximum absolute atomic E-state index is 13.0. The predicted octanol–water partition coefficient (Wildman–Crippen LogP) is 1.18. The van der Waals surface area contributed by atoms with Crippen LogP contribution in [0.2, 0.25) is 0 Å². The van der Waals surface area contributed by atoms with E-state index in [9.17, 15) is 39.6 Å². The average molecular weight is 545 g/mol. The molecule has 0 saturated carbocycles. The third-order valence-electron chi connectivity index (χ3n) is 5.07. The summed E-state index contributed by atoms with van der Waals surface area (Å²) in [5.74, 6) is -0.329. The molecule has 18 heteroatoms. The number of alkyl halides is 6. The molecule has 2 N–H and O–H groups in total. The van der Waals surface area contributed by atoms with Crippen LogP contribution >= 0.6 is 0 Å². The van der Waals surface area contributed by atoms with Gasteiger partial charge in [-0.05, 0) is 0 Å². The average Bonchev–Trinajstić information content (AvgIpc) is 2.80. The predicted molar refractivity (Wildman–Crippen MR) is 114 cm³/mol. The zero-order chi connectivity index (χ0) is 26.6. The van der Waals surface area contributed by atoms with Gasteiger partial charge >= 0.3 is 12.4 Å². The maximum atomic E-state index is 13.0. The summed E-state index contributed by atoms with van der Waals surface area (Å²) in [6.45, 7) is -0.0545. The van der Waals surface area contributed by atoms with Gasteiger partial charge in [0.1, 0.15) is 5.56 Å². The van der Waals surface area contributed by atoms with E-state index in [-0.39, 0.29) is 57.6 Å². The van der Waals surface area contributed by atoms with Gasteiger partial charge in [0.15, 0.2) is 0 Å². The van der Waals surface area contributed by atoms with E-state index >= 15 is 0 Å².